The van der Waals surface area contributed by atoms with Crippen molar-refractivity contribution in [3.8, 4) is 0 Å². The van der Waals surface area contributed by atoms with E-state index in [2.05, 4.69) is 43.5 Å². The van der Waals surface area contributed by atoms with E-state index in [1.807, 2.05) is 19.2 Å². The summed E-state index contributed by atoms with van der Waals surface area (Å²) in [7, 11) is 2.01. The predicted molar refractivity (Wildman–Crippen MR) is 87.7 cm³/mol. The normalized spacial score (nSPS) is 22.9. The molecule has 2 N–H and O–H groups in total. The lowest BCUT2D eigenvalue weighted by Crippen LogP contribution is -2.41. The highest BCUT2D eigenvalue weighted by atomic mass is 16.1. The van der Waals surface area contributed by atoms with Gasteiger partial charge in [0.05, 0.1) is 0 Å². The minimum Gasteiger partial charge on any atom is -0.349 e. The zero-order chi connectivity index (χ0) is 15.5. The third-order valence-electron chi connectivity index (χ3n) is 4.48. The van der Waals surface area contributed by atoms with E-state index in [1.54, 1.807) is 0 Å². The molecule has 3 nitrogen and oxygen atoms in total. The SMILES string of the molecule is CNC1CCC(NC(=O)c2ccc(C(C)(C)C)cc2)CC1. The summed E-state index contributed by atoms with van der Waals surface area (Å²) in [5.41, 5.74) is 2.15. The maximum atomic E-state index is 12.3. The molecule has 1 saturated carbocycles. The van der Waals surface area contributed by atoms with Gasteiger partial charge in [0.2, 0.25) is 0 Å². The van der Waals surface area contributed by atoms with Gasteiger partial charge in [0, 0.05) is 17.6 Å². The van der Waals surface area contributed by atoms with Crippen LogP contribution in [0.4, 0.5) is 0 Å². The molecule has 0 heterocycles. The molecule has 116 valence electrons. The van der Waals surface area contributed by atoms with Crippen LogP contribution in [0.2, 0.25) is 0 Å². The van der Waals surface area contributed by atoms with E-state index in [0.29, 0.717) is 12.1 Å². The van der Waals surface area contributed by atoms with Gasteiger partial charge in [0.15, 0.2) is 0 Å². The van der Waals surface area contributed by atoms with Crippen molar-refractivity contribution in [1.29, 1.82) is 0 Å². The monoisotopic (exact) mass is 288 g/mol. The van der Waals surface area contributed by atoms with E-state index in [0.717, 1.165) is 31.2 Å². The van der Waals surface area contributed by atoms with Crippen molar-refractivity contribution in [3.05, 3.63) is 35.4 Å². The maximum Gasteiger partial charge on any atom is 0.251 e. The van der Waals surface area contributed by atoms with Gasteiger partial charge in [-0.3, -0.25) is 4.79 Å². The van der Waals surface area contributed by atoms with Gasteiger partial charge in [-0.25, -0.2) is 0 Å². The summed E-state index contributed by atoms with van der Waals surface area (Å²) >= 11 is 0. The summed E-state index contributed by atoms with van der Waals surface area (Å²) < 4.78 is 0. The average Bonchev–Trinajstić information content (AvgIpc) is 2.47. The molecule has 0 atom stereocenters. The largest absolute Gasteiger partial charge is 0.349 e. The Labute approximate surface area is 128 Å². The number of rotatable bonds is 3. The Morgan fingerprint density at radius 3 is 2.00 bits per heavy atom. The van der Waals surface area contributed by atoms with E-state index in [9.17, 15) is 4.79 Å². The molecule has 0 aromatic heterocycles. The Morgan fingerprint density at radius 2 is 1.52 bits per heavy atom. The number of carbonyl (C=O) groups excluding carboxylic acids is 1. The lowest BCUT2D eigenvalue weighted by molar-refractivity contribution is 0.0924. The van der Waals surface area contributed by atoms with E-state index >= 15 is 0 Å². The number of nitrogens with one attached hydrogen (secondary N) is 2. The summed E-state index contributed by atoms with van der Waals surface area (Å²) in [5, 5.41) is 6.49. The number of amides is 1. The van der Waals surface area contributed by atoms with Gasteiger partial charge in [-0.2, -0.15) is 0 Å². The van der Waals surface area contributed by atoms with Crippen LogP contribution in [0, 0.1) is 0 Å². The van der Waals surface area contributed by atoms with E-state index in [-0.39, 0.29) is 11.3 Å². The average molecular weight is 288 g/mol. The summed E-state index contributed by atoms with van der Waals surface area (Å²) in [4.78, 5) is 12.3. The molecular weight excluding hydrogens is 260 g/mol. The highest BCUT2D eigenvalue weighted by Crippen LogP contribution is 2.22. The molecule has 0 aliphatic heterocycles. The van der Waals surface area contributed by atoms with Gasteiger partial charge in [-0.1, -0.05) is 32.9 Å². The Morgan fingerprint density at radius 1 is 1.00 bits per heavy atom. The van der Waals surface area contributed by atoms with Crippen LogP contribution in [-0.4, -0.2) is 25.0 Å². The quantitative estimate of drug-likeness (QED) is 0.896. The smallest absolute Gasteiger partial charge is 0.251 e. The molecule has 1 aliphatic rings. The standard InChI is InChI=1S/C18H28N2O/c1-18(2,3)14-7-5-13(6-8-14)17(21)20-16-11-9-15(19-4)10-12-16/h5-8,15-16,19H,9-12H2,1-4H3,(H,20,21). The highest BCUT2D eigenvalue weighted by molar-refractivity contribution is 5.94. The summed E-state index contributed by atoms with van der Waals surface area (Å²) in [6.07, 6.45) is 4.42. The molecule has 3 heteroatoms. The van der Waals surface area contributed by atoms with Gasteiger partial charge in [-0.05, 0) is 55.8 Å². The first-order chi connectivity index (χ1) is 9.90. The number of hydrogen-bond acceptors (Lipinski definition) is 2. The number of hydrogen-bond donors (Lipinski definition) is 2. The van der Waals surface area contributed by atoms with Crippen LogP contribution >= 0.6 is 0 Å². The summed E-state index contributed by atoms with van der Waals surface area (Å²) in [5.74, 6) is 0.0587. The van der Waals surface area contributed by atoms with Gasteiger partial charge in [0.1, 0.15) is 0 Å². The second-order valence-corrected chi connectivity index (χ2v) is 7.14. The summed E-state index contributed by atoms with van der Waals surface area (Å²) in [6, 6.07) is 8.94. The van der Waals surface area contributed by atoms with Crippen molar-refractivity contribution < 1.29 is 4.79 Å². The first-order valence-electron chi connectivity index (χ1n) is 7.99. The van der Waals surface area contributed by atoms with Crippen molar-refractivity contribution in [2.24, 2.45) is 0 Å². The molecule has 1 fully saturated rings. The van der Waals surface area contributed by atoms with E-state index in [1.165, 1.54) is 5.56 Å². The Kier molecular flexibility index (Phi) is 5.04. The van der Waals surface area contributed by atoms with Gasteiger partial charge >= 0.3 is 0 Å². The molecule has 2 rings (SSSR count). The van der Waals surface area contributed by atoms with Crippen LogP contribution in [0.25, 0.3) is 0 Å². The zero-order valence-electron chi connectivity index (χ0n) is 13.7. The van der Waals surface area contributed by atoms with Gasteiger partial charge in [0.25, 0.3) is 5.91 Å². The van der Waals surface area contributed by atoms with Crippen molar-refractivity contribution in [1.82, 2.24) is 10.6 Å². The van der Waals surface area contributed by atoms with E-state index in [4.69, 9.17) is 0 Å². The fourth-order valence-electron chi connectivity index (χ4n) is 2.92. The molecule has 0 bridgehead atoms. The molecule has 1 aromatic carbocycles. The van der Waals surface area contributed by atoms with Crippen LogP contribution in [-0.2, 0) is 5.41 Å². The topological polar surface area (TPSA) is 41.1 Å². The second-order valence-electron chi connectivity index (χ2n) is 7.14. The van der Waals surface area contributed by atoms with Crippen LogP contribution in [0.15, 0.2) is 24.3 Å². The highest BCUT2D eigenvalue weighted by Gasteiger charge is 2.22. The second kappa shape index (κ2) is 6.61. The van der Waals surface area contributed by atoms with Crippen LogP contribution in [0.3, 0.4) is 0 Å². The number of carbonyl (C=O) groups is 1. The molecule has 1 aromatic rings. The fraction of sp³-hybridized carbons (Fsp3) is 0.611. The first kappa shape index (κ1) is 16.0. The van der Waals surface area contributed by atoms with Gasteiger partial charge in [-0.15, -0.1) is 0 Å². The van der Waals surface area contributed by atoms with Crippen molar-refractivity contribution >= 4 is 5.91 Å². The van der Waals surface area contributed by atoms with Crippen molar-refractivity contribution in [2.75, 3.05) is 7.05 Å². The van der Waals surface area contributed by atoms with Crippen LogP contribution in [0.5, 0.6) is 0 Å². The maximum absolute atomic E-state index is 12.3. The molecule has 1 aliphatic carbocycles. The first-order valence-corrected chi connectivity index (χ1v) is 7.99. The minimum absolute atomic E-state index is 0.0587. The lowest BCUT2D eigenvalue weighted by atomic mass is 9.86. The Hall–Kier alpha value is -1.35. The minimum atomic E-state index is 0.0587. The fourth-order valence-corrected chi connectivity index (χ4v) is 2.92. The molecule has 0 spiro atoms. The number of benzene rings is 1. The van der Waals surface area contributed by atoms with Crippen LogP contribution in [0.1, 0.15) is 62.4 Å². The Balaban J connectivity index is 1.92. The molecule has 1 amide bonds. The molecule has 0 unspecified atom stereocenters. The molecule has 0 radical (unpaired) electrons. The summed E-state index contributed by atoms with van der Waals surface area (Å²) in [6.45, 7) is 6.55. The van der Waals surface area contributed by atoms with Crippen molar-refractivity contribution in [3.63, 3.8) is 0 Å². The Bertz CT molecular complexity index is 465. The molecular formula is C18H28N2O. The lowest BCUT2D eigenvalue weighted by Gasteiger charge is -2.28. The molecule has 21 heavy (non-hydrogen) atoms. The third-order valence-corrected chi connectivity index (χ3v) is 4.48. The molecule has 0 saturated heterocycles. The zero-order valence-corrected chi connectivity index (χ0v) is 13.7. The third kappa shape index (κ3) is 4.31. The van der Waals surface area contributed by atoms with Gasteiger partial charge < -0.3 is 10.6 Å². The van der Waals surface area contributed by atoms with Crippen LogP contribution < -0.4 is 10.6 Å². The predicted octanol–water partition coefficient (Wildman–Crippen LogP) is 3.24. The van der Waals surface area contributed by atoms with E-state index < -0.39 is 0 Å². The van der Waals surface area contributed by atoms with Crippen molar-refractivity contribution in [2.45, 2.75) is 64.0 Å².